The summed E-state index contributed by atoms with van der Waals surface area (Å²) in [5, 5.41) is 3.85. The van der Waals surface area contributed by atoms with Gasteiger partial charge in [-0.25, -0.2) is 4.98 Å². The maximum atomic E-state index is 12.6. The number of aromatic nitrogens is 1. The quantitative estimate of drug-likeness (QED) is 0.774. The van der Waals surface area contributed by atoms with Gasteiger partial charge in [0.1, 0.15) is 11.6 Å². The van der Waals surface area contributed by atoms with E-state index in [-0.39, 0.29) is 18.2 Å². The Balaban J connectivity index is 1.46. The number of nitrogens with one attached hydrogen (secondary N) is 1. The van der Waals surface area contributed by atoms with E-state index in [0.717, 1.165) is 22.3 Å². The first-order valence-corrected chi connectivity index (χ1v) is 8.75. The van der Waals surface area contributed by atoms with Crippen molar-refractivity contribution < 1.29 is 14.3 Å². The molecule has 1 unspecified atom stereocenters. The summed E-state index contributed by atoms with van der Waals surface area (Å²) >= 11 is 0. The average Bonchev–Trinajstić information content (AvgIpc) is 3.10. The fourth-order valence-corrected chi connectivity index (χ4v) is 3.26. The van der Waals surface area contributed by atoms with Crippen LogP contribution >= 0.6 is 0 Å². The molecule has 2 aromatic carbocycles. The standard InChI is InChI=1S/C21H19N3O3/c1-27-17-9-7-16(8-10-17)24-13-15(12-20(24)25)21(26)23-19-11-6-14-4-2-3-5-18(14)22-19/h2-11,15H,12-13H2,1H3,(H,22,23,26). The Morgan fingerprint density at radius 3 is 2.67 bits per heavy atom. The molecule has 1 saturated heterocycles. The molecule has 2 amide bonds. The molecule has 0 spiro atoms. The van der Waals surface area contributed by atoms with Crippen LogP contribution in [-0.2, 0) is 9.59 Å². The monoisotopic (exact) mass is 361 g/mol. The lowest BCUT2D eigenvalue weighted by atomic mass is 10.1. The van der Waals surface area contributed by atoms with Crippen LogP contribution in [0.2, 0.25) is 0 Å². The summed E-state index contributed by atoms with van der Waals surface area (Å²) in [7, 11) is 1.59. The van der Waals surface area contributed by atoms with Gasteiger partial charge in [0.05, 0.1) is 18.5 Å². The van der Waals surface area contributed by atoms with E-state index in [0.29, 0.717) is 12.4 Å². The molecule has 0 saturated carbocycles. The smallest absolute Gasteiger partial charge is 0.230 e. The molecule has 4 rings (SSSR count). The molecule has 1 N–H and O–H groups in total. The van der Waals surface area contributed by atoms with Crippen LogP contribution in [0.5, 0.6) is 5.75 Å². The summed E-state index contributed by atoms with van der Waals surface area (Å²) in [6, 6.07) is 18.7. The van der Waals surface area contributed by atoms with Crippen molar-refractivity contribution >= 4 is 34.2 Å². The highest BCUT2D eigenvalue weighted by atomic mass is 16.5. The minimum absolute atomic E-state index is 0.0632. The number of benzene rings is 2. The van der Waals surface area contributed by atoms with E-state index in [1.807, 2.05) is 42.5 Å². The summed E-state index contributed by atoms with van der Waals surface area (Å²) in [4.78, 5) is 31.1. The highest BCUT2D eigenvalue weighted by Crippen LogP contribution is 2.27. The van der Waals surface area contributed by atoms with Crippen LogP contribution in [0.3, 0.4) is 0 Å². The lowest BCUT2D eigenvalue weighted by molar-refractivity contribution is -0.122. The molecule has 0 aliphatic carbocycles. The predicted octanol–water partition coefficient (Wildman–Crippen LogP) is 3.24. The second kappa shape index (κ2) is 7.07. The van der Waals surface area contributed by atoms with Gasteiger partial charge >= 0.3 is 0 Å². The van der Waals surface area contributed by atoms with Gasteiger partial charge in [0.25, 0.3) is 0 Å². The van der Waals surface area contributed by atoms with E-state index in [2.05, 4.69) is 10.3 Å². The van der Waals surface area contributed by atoms with E-state index in [4.69, 9.17) is 4.74 Å². The van der Waals surface area contributed by atoms with Gasteiger partial charge in [-0.3, -0.25) is 9.59 Å². The molecule has 6 heteroatoms. The Kier molecular flexibility index (Phi) is 4.46. The molecular weight excluding hydrogens is 342 g/mol. The number of rotatable bonds is 4. The van der Waals surface area contributed by atoms with Crippen molar-refractivity contribution in [3.8, 4) is 5.75 Å². The van der Waals surface area contributed by atoms with Crippen molar-refractivity contribution in [2.45, 2.75) is 6.42 Å². The zero-order valence-corrected chi connectivity index (χ0v) is 14.9. The van der Waals surface area contributed by atoms with Crippen LogP contribution in [0.4, 0.5) is 11.5 Å². The molecule has 0 radical (unpaired) electrons. The number of para-hydroxylation sites is 1. The lowest BCUT2D eigenvalue weighted by Gasteiger charge is -2.17. The second-order valence-electron chi connectivity index (χ2n) is 6.48. The molecule has 3 aromatic rings. The van der Waals surface area contributed by atoms with Gasteiger partial charge in [-0.1, -0.05) is 18.2 Å². The Hall–Kier alpha value is -3.41. The SMILES string of the molecule is COc1ccc(N2CC(C(=O)Nc3ccc4ccccc4n3)CC2=O)cc1. The maximum absolute atomic E-state index is 12.6. The van der Waals surface area contributed by atoms with Gasteiger partial charge in [0, 0.05) is 24.0 Å². The number of hydrogen-bond donors (Lipinski definition) is 1. The van der Waals surface area contributed by atoms with E-state index in [1.165, 1.54) is 0 Å². The number of carbonyl (C=O) groups is 2. The number of pyridine rings is 1. The number of ether oxygens (including phenoxy) is 1. The third-order valence-electron chi connectivity index (χ3n) is 4.73. The highest BCUT2D eigenvalue weighted by Gasteiger charge is 2.35. The Labute approximate surface area is 156 Å². The van der Waals surface area contributed by atoms with Crippen molar-refractivity contribution in [2.24, 2.45) is 5.92 Å². The molecule has 1 atom stereocenters. The fourth-order valence-electron chi connectivity index (χ4n) is 3.26. The predicted molar refractivity (Wildman–Crippen MR) is 104 cm³/mol. The van der Waals surface area contributed by atoms with Crippen LogP contribution in [0, 0.1) is 5.92 Å². The lowest BCUT2D eigenvalue weighted by Crippen LogP contribution is -2.28. The van der Waals surface area contributed by atoms with Gasteiger partial charge < -0.3 is 15.0 Å². The Morgan fingerprint density at radius 1 is 1.11 bits per heavy atom. The number of fused-ring (bicyclic) bond motifs is 1. The summed E-state index contributed by atoms with van der Waals surface area (Å²) in [5.41, 5.74) is 1.58. The molecule has 136 valence electrons. The van der Waals surface area contributed by atoms with Crippen molar-refractivity contribution in [1.82, 2.24) is 4.98 Å². The van der Waals surface area contributed by atoms with Crippen LogP contribution < -0.4 is 15.0 Å². The van der Waals surface area contributed by atoms with Gasteiger partial charge in [0.15, 0.2) is 0 Å². The summed E-state index contributed by atoms with van der Waals surface area (Å²) in [6.07, 6.45) is 0.186. The van der Waals surface area contributed by atoms with Gasteiger partial charge in [-0.05, 0) is 42.5 Å². The third kappa shape index (κ3) is 3.46. The van der Waals surface area contributed by atoms with Crippen molar-refractivity contribution in [2.75, 3.05) is 23.9 Å². The maximum Gasteiger partial charge on any atom is 0.230 e. The largest absolute Gasteiger partial charge is 0.497 e. The van der Waals surface area contributed by atoms with Crippen LogP contribution in [-0.4, -0.2) is 30.5 Å². The summed E-state index contributed by atoms with van der Waals surface area (Å²) in [5.74, 6) is 0.554. The topological polar surface area (TPSA) is 71.5 Å². The first-order chi connectivity index (χ1) is 13.1. The first kappa shape index (κ1) is 17.0. The average molecular weight is 361 g/mol. The van der Waals surface area contributed by atoms with E-state index in [1.54, 1.807) is 30.2 Å². The highest BCUT2D eigenvalue weighted by molar-refractivity contribution is 6.03. The number of hydrogen-bond acceptors (Lipinski definition) is 4. The van der Waals surface area contributed by atoms with Crippen molar-refractivity contribution in [3.63, 3.8) is 0 Å². The van der Waals surface area contributed by atoms with Crippen LogP contribution in [0.15, 0.2) is 60.7 Å². The fraction of sp³-hybridized carbons (Fsp3) is 0.190. The minimum Gasteiger partial charge on any atom is -0.497 e. The Bertz CT molecular complexity index is 1000. The second-order valence-corrected chi connectivity index (χ2v) is 6.48. The number of nitrogens with zero attached hydrogens (tertiary/aromatic N) is 2. The van der Waals surface area contributed by atoms with Crippen molar-refractivity contribution in [3.05, 3.63) is 60.7 Å². The molecule has 0 bridgehead atoms. The molecular formula is C21H19N3O3. The van der Waals surface area contributed by atoms with Gasteiger partial charge in [-0.2, -0.15) is 0 Å². The zero-order valence-electron chi connectivity index (χ0n) is 14.9. The van der Waals surface area contributed by atoms with Crippen LogP contribution in [0.1, 0.15) is 6.42 Å². The number of methoxy groups -OCH3 is 1. The molecule has 6 nitrogen and oxygen atoms in total. The molecule has 27 heavy (non-hydrogen) atoms. The van der Waals surface area contributed by atoms with Gasteiger partial charge in [0.2, 0.25) is 11.8 Å². The van der Waals surface area contributed by atoms with E-state index < -0.39 is 5.92 Å². The summed E-state index contributed by atoms with van der Waals surface area (Å²) < 4.78 is 5.14. The minimum atomic E-state index is -0.409. The Morgan fingerprint density at radius 2 is 1.89 bits per heavy atom. The van der Waals surface area contributed by atoms with Crippen LogP contribution in [0.25, 0.3) is 10.9 Å². The normalized spacial score (nSPS) is 16.6. The first-order valence-electron chi connectivity index (χ1n) is 8.75. The van der Waals surface area contributed by atoms with E-state index in [9.17, 15) is 9.59 Å². The molecule has 2 heterocycles. The summed E-state index contributed by atoms with van der Waals surface area (Å²) in [6.45, 7) is 0.352. The van der Waals surface area contributed by atoms with Gasteiger partial charge in [-0.15, -0.1) is 0 Å². The van der Waals surface area contributed by atoms with E-state index >= 15 is 0 Å². The number of carbonyl (C=O) groups excluding carboxylic acids is 2. The molecule has 1 aromatic heterocycles. The number of anilines is 2. The number of amides is 2. The molecule has 1 fully saturated rings. The van der Waals surface area contributed by atoms with Crippen molar-refractivity contribution in [1.29, 1.82) is 0 Å². The zero-order chi connectivity index (χ0) is 18.8. The molecule has 1 aliphatic heterocycles. The molecule has 1 aliphatic rings. The third-order valence-corrected chi connectivity index (χ3v) is 4.73.